The molecule has 5 heteroatoms. The van der Waals surface area contributed by atoms with Crippen LogP contribution in [-0.4, -0.2) is 41.3 Å². The molecule has 2 N–H and O–H groups in total. The van der Waals surface area contributed by atoms with Crippen molar-refractivity contribution in [1.29, 1.82) is 0 Å². The summed E-state index contributed by atoms with van der Waals surface area (Å²) in [6.07, 6.45) is 4.27. The molecule has 0 aliphatic carbocycles. The van der Waals surface area contributed by atoms with E-state index in [2.05, 4.69) is 17.2 Å². The van der Waals surface area contributed by atoms with Gasteiger partial charge in [-0.2, -0.15) is 0 Å². The lowest BCUT2D eigenvalue weighted by atomic mass is 10.1. The number of hydrogen-bond acceptors (Lipinski definition) is 2. The van der Waals surface area contributed by atoms with Gasteiger partial charge in [0.05, 0.1) is 6.42 Å². The zero-order chi connectivity index (χ0) is 16.7. The molecule has 23 heavy (non-hydrogen) atoms. The van der Waals surface area contributed by atoms with Gasteiger partial charge < -0.3 is 15.2 Å². The first-order chi connectivity index (χ1) is 11.1. The molecule has 1 aromatic carbocycles. The lowest BCUT2D eigenvalue weighted by Crippen LogP contribution is -2.38. The maximum absolute atomic E-state index is 12.1. The molecule has 0 bridgehead atoms. The van der Waals surface area contributed by atoms with E-state index in [1.807, 2.05) is 30.5 Å². The van der Waals surface area contributed by atoms with Crippen molar-refractivity contribution in [3.8, 4) is 0 Å². The summed E-state index contributed by atoms with van der Waals surface area (Å²) < 4.78 is 0. The zero-order valence-electron chi connectivity index (χ0n) is 13.9. The molecule has 0 aliphatic heterocycles. The molecule has 0 fully saturated rings. The Bertz CT molecular complexity index is 663. The largest absolute Gasteiger partial charge is 0.361 e. The van der Waals surface area contributed by atoms with Crippen LogP contribution in [0.1, 0.15) is 32.3 Å². The third-order valence-electron chi connectivity index (χ3n) is 3.96. The van der Waals surface area contributed by atoms with Crippen LogP contribution < -0.4 is 5.32 Å². The second-order valence-corrected chi connectivity index (χ2v) is 5.75. The van der Waals surface area contributed by atoms with E-state index in [1.54, 1.807) is 11.8 Å². The minimum atomic E-state index is -0.0197. The lowest BCUT2D eigenvalue weighted by Gasteiger charge is -2.20. The van der Waals surface area contributed by atoms with Crippen LogP contribution in [0.3, 0.4) is 0 Å². The van der Waals surface area contributed by atoms with Crippen LogP contribution in [0.15, 0.2) is 30.5 Å². The number of nitrogens with zero attached hydrogens (tertiary/aromatic N) is 1. The summed E-state index contributed by atoms with van der Waals surface area (Å²) in [6, 6.07) is 7.94. The Morgan fingerprint density at radius 3 is 2.74 bits per heavy atom. The average molecular weight is 315 g/mol. The first-order valence-corrected chi connectivity index (χ1v) is 8.19. The van der Waals surface area contributed by atoms with E-state index in [-0.39, 0.29) is 11.8 Å². The number of fused-ring (bicyclic) bond motifs is 1. The smallest absolute Gasteiger partial charge is 0.224 e. The van der Waals surface area contributed by atoms with Gasteiger partial charge in [-0.3, -0.25) is 9.59 Å². The Labute approximate surface area is 137 Å². The number of nitrogens with one attached hydrogen (secondary N) is 2. The molecule has 0 aliphatic rings. The molecule has 2 amide bonds. The van der Waals surface area contributed by atoms with Crippen molar-refractivity contribution in [2.45, 2.75) is 33.1 Å². The van der Waals surface area contributed by atoms with Gasteiger partial charge in [0.2, 0.25) is 11.8 Å². The van der Waals surface area contributed by atoms with Crippen molar-refractivity contribution in [2.24, 2.45) is 0 Å². The molecule has 124 valence electrons. The fourth-order valence-electron chi connectivity index (χ4n) is 2.62. The fourth-order valence-corrected chi connectivity index (χ4v) is 2.62. The standard InChI is InChI=1S/C18H25N3O2/c1-3-4-10-21(14(2)22)11-9-19-18(23)12-15-13-20-17-8-6-5-7-16(15)17/h5-8,13,20H,3-4,9-12H2,1-2H3,(H,19,23). The lowest BCUT2D eigenvalue weighted by molar-refractivity contribution is -0.129. The predicted molar refractivity (Wildman–Crippen MR) is 92.2 cm³/mol. The van der Waals surface area contributed by atoms with Gasteiger partial charge in [-0.25, -0.2) is 0 Å². The Hall–Kier alpha value is -2.30. The third-order valence-corrected chi connectivity index (χ3v) is 3.96. The molecule has 0 unspecified atom stereocenters. The van der Waals surface area contributed by atoms with Crippen LogP contribution in [0.25, 0.3) is 10.9 Å². The molecule has 2 rings (SSSR count). The van der Waals surface area contributed by atoms with Gasteiger partial charge in [0.15, 0.2) is 0 Å². The fraction of sp³-hybridized carbons (Fsp3) is 0.444. The molecule has 0 radical (unpaired) electrons. The monoisotopic (exact) mass is 315 g/mol. The number of carbonyl (C=O) groups excluding carboxylic acids is 2. The van der Waals surface area contributed by atoms with E-state index in [4.69, 9.17) is 0 Å². The predicted octanol–water partition coefficient (Wildman–Crippen LogP) is 2.48. The van der Waals surface area contributed by atoms with Crippen LogP contribution in [0, 0.1) is 0 Å². The van der Waals surface area contributed by atoms with Crippen molar-refractivity contribution in [3.05, 3.63) is 36.0 Å². The second-order valence-electron chi connectivity index (χ2n) is 5.75. The van der Waals surface area contributed by atoms with Gasteiger partial charge in [0.1, 0.15) is 0 Å². The highest BCUT2D eigenvalue weighted by Gasteiger charge is 2.10. The second kappa shape index (κ2) is 8.36. The first-order valence-electron chi connectivity index (χ1n) is 8.19. The minimum Gasteiger partial charge on any atom is -0.361 e. The number of aromatic nitrogens is 1. The van der Waals surface area contributed by atoms with Crippen molar-refractivity contribution in [3.63, 3.8) is 0 Å². The minimum absolute atomic E-state index is 0.0197. The van der Waals surface area contributed by atoms with E-state index in [0.717, 1.165) is 35.9 Å². The number of carbonyl (C=O) groups is 2. The molecular weight excluding hydrogens is 290 g/mol. The number of rotatable bonds is 8. The maximum atomic E-state index is 12.1. The van der Waals surface area contributed by atoms with Gasteiger partial charge in [-0.1, -0.05) is 31.5 Å². The SMILES string of the molecule is CCCCN(CCNC(=O)Cc1c[nH]c2ccccc12)C(C)=O. The Morgan fingerprint density at radius 1 is 1.22 bits per heavy atom. The highest BCUT2D eigenvalue weighted by Crippen LogP contribution is 2.17. The van der Waals surface area contributed by atoms with E-state index in [0.29, 0.717) is 19.5 Å². The van der Waals surface area contributed by atoms with E-state index >= 15 is 0 Å². The van der Waals surface area contributed by atoms with Gasteiger partial charge in [0.25, 0.3) is 0 Å². The maximum Gasteiger partial charge on any atom is 0.224 e. The van der Waals surface area contributed by atoms with Crippen LogP contribution >= 0.6 is 0 Å². The summed E-state index contributed by atoms with van der Waals surface area (Å²) in [7, 11) is 0. The molecule has 1 aromatic heterocycles. The average Bonchev–Trinajstić information content (AvgIpc) is 2.93. The summed E-state index contributed by atoms with van der Waals surface area (Å²) in [5.74, 6) is 0.0399. The van der Waals surface area contributed by atoms with Gasteiger partial charge in [-0.05, 0) is 18.1 Å². The number of aromatic amines is 1. The normalized spacial score (nSPS) is 10.7. The van der Waals surface area contributed by atoms with Crippen LogP contribution in [0.4, 0.5) is 0 Å². The number of H-pyrrole nitrogens is 1. The molecule has 2 aromatic rings. The molecule has 0 saturated heterocycles. The highest BCUT2D eigenvalue weighted by molar-refractivity contribution is 5.88. The van der Waals surface area contributed by atoms with Crippen LogP contribution in [0.5, 0.6) is 0 Å². The van der Waals surface area contributed by atoms with Crippen molar-refractivity contribution < 1.29 is 9.59 Å². The summed E-state index contributed by atoms with van der Waals surface area (Å²) in [5, 5.41) is 3.98. The molecular formula is C18H25N3O2. The molecule has 5 nitrogen and oxygen atoms in total. The Balaban J connectivity index is 1.82. The van der Waals surface area contributed by atoms with Crippen molar-refractivity contribution in [1.82, 2.24) is 15.2 Å². The summed E-state index contributed by atoms with van der Waals surface area (Å²) in [6.45, 7) is 5.48. The molecule has 0 saturated carbocycles. The van der Waals surface area contributed by atoms with Gasteiger partial charge >= 0.3 is 0 Å². The highest BCUT2D eigenvalue weighted by atomic mass is 16.2. The number of benzene rings is 1. The van der Waals surface area contributed by atoms with E-state index in [9.17, 15) is 9.59 Å². The van der Waals surface area contributed by atoms with E-state index < -0.39 is 0 Å². The van der Waals surface area contributed by atoms with Crippen LogP contribution in [-0.2, 0) is 16.0 Å². The molecule has 0 atom stereocenters. The van der Waals surface area contributed by atoms with E-state index in [1.165, 1.54) is 0 Å². The summed E-state index contributed by atoms with van der Waals surface area (Å²) in [4.78, 5) is 28.6. The van der Waals surface area contributed by atoms with Gasteiger partial charge in [0, 0.05) is 43.7 Å². The number of para-hydroxylation sites is 1. The molecule has 1 heterocycles. The van der Waals surface area contributed by atoms with Gasteiger partial charge in [-0.15, -0.1) is 0 Å². The quantitative estimate of drug-likeness (QED) is 0.786. The Kier molecular flexibility index (Phi) is 6.20. The summed E-state index contributed by atoms with van der Waals surface area (Å²) in [5.41, 5.74) is 2.03. The molecule has 0 spiro atoms. The van der Waals surface area contributed by atoms with Crippen molar-refractivity contribution in [2.75, 3.05) is 19.6 Å². The first kappa shape index (κ1) is 17.1. The Morgan fingerprint density at radius 2 is 2.00 bits per heavy atom. The topological polar surface area (TPSA) is 65.2 Å². The summed E-state index contributed by atoms with van der Waals surface area (Å²) >= 11 is 0. The zero-order valence-corrected chi connectivity index (χ0v) is 13.9. The van der Waals surface area contributed by atoms with Crippen LogP contribution in [0.2, 0.25) is 0 Å². The number of amides is 2. The van der Waals surface area contributed by atoms with Crippen molar-refractivity contribution >= 4 is 22.7 Å². The third kappa shape index (κ3) is 4.84. The number of hydrogen-bond donors (Lipinski definition) is 2. The number of unbranched alkanes of at least 4 members (excludes halogenated alkanes) is 1.